The van der Waals surface area contributed by atoms with E-state index in [0.29, 0.717) is 18.7 Å². The topological polar surface area (TPSA) is 122 Å². The van der Waals surface area contributed by atoms with Crippen LogP contribution in [0.15, 0.2) is 17.0 Å². The highest BCUT2D eigenvalue weighted by Gasteiger charge is 2.26. The monoisotopic (exact) mass is 320 g/mol. The maximum atomic E-state index is 13.7. The van der Waals surface area contributed by atoms with E-state index in [1.807, 2.05) is 0 Å². The highest BCUT2D eigenvalue weighted by Crippen LogP contribution is 2.32. The normalized spacial score (nSPS) is 18.7. The molecule has 1 atom stereocenters. The summed E-state index contributed by atoms with van der Waals surface area (Å²) in [6, 6.07) is 1.20. The molecule has 0 aromatic heterocycles. The van der Waals surface area contributed by atoms with Crippen LogP contribution < -0.4 is 9.88 Å². The van der Waals surface area contributed by atoms with Gasteiger partial charge in [0, 0.05) is 18.7 Å². The van der Waals surface area contributed by atoms with E-state index in [4.69, 9.17) is 14.6 Å². The van der Waals surface area contributed by atoms with Crippen LogP contribution in [-0.4, -0.2) is 32.7 Å². The number of hydrogen-bond acceptors (Lipinski definition) is 6. The predicted octanol–water partition coefficient (Wildman–Crippen LogP) is 0.939. The summed E-state index contributed by atoms with van der Waals surface area (Å²) < 4.78 is 46.5. The van der Waals surface area contributed by atoms with Gasteiger partial charge in [0.25, 0.3) is 0 Å². The average Bonchev–Trinajstić information content (AvgIpc) is 2.87. The van der Waals surface area contributed by atoms with Crippen molar-refractivity contribution in [1.29, 1.82) is 0 Å². The molecule has 0 aliphatic carbocycles. The average molecular weight is 320 g/mol. The fourth-order valence-electron chi connectivity index (χ4n) is 1.96. The first-order valence-electron chi connectivity index (χ1n) is 6.04. The zero-order valence-corrected chi connectivity index (χ0v) is 11.6. The Balaban J connectivity index is 2.31. The van der Waals surface area contributed by atoms with Crippen LogP contribution in [0.1, 0.15) is 12.8 Å². The summed E-state index contributed by atoms with van der Waals surface area (Å²) >= 11 is 0. The van der Waals surface area contributed by atoms with Crippen LogP contribution in [-0.2, 0) is 14.8 Å². The largest absolute Gasteiger partial charge is 0.484 e. The van der Waals surface area contributed by atoms with Gasteiger partial charge in [0.2, 0.25) is 10.0 Å². The molecular weight excluding hydrogens is 307 g/mol. The van der Waals surface area contributed by atoms with Crippen molar-refractivity contribution in [3.63, 3.8) is 0 Å². The smallest absolute Gasteiger partial charge is 0.312 e. The van der Waals surface area contributed by atoms with Gasteiger partial charge in [-0.1, -0.05) is 0 Å². The molecule has 116 valence electrons. The van der Waals surface area contributed by atoms with E-state index in [9.17, 15) is 22.9 Å². The minimum absolute atomic E-state index is 0.0228. The lowest BCUT2D eigenvalue weighted by Crippen LogP contribution is -2.18. The SMILES string of the molecule is NS(=O)(=O)c1cc([N+](=O)[O-])c(OCC2CCCO2)cc1F. The molecule has 1 aliphatic rings. The summed E-state index contributed by atoms with van der Waals surface area (Å²) in [6.45, 7) is 0.601. The molecule has 0 bridgehead atoms. The first-order valence-corrected chi connectivity index (χ1v) is 7.59. The molecular formula is C11H13FN2O6S. The van der Waals surface area contributed by atoms with Gasteiger partial charge in [-0.05, 0) is 12.8 Å². The van der Waals surface area contributed by atoms with Gasteiger partial charge < -0.3 is 9.47 Å². The number of ether oxygens (including phenoxy) is 2. The molecule has 8 nitrogen and oxygen atoms in total. The van der Waals surface area contributed by atoms with Crippen molar-refractivity contribution < 1.29 is 27.2 Å². The molecule has 0 spiro atoms. The van der Waals surface area contributed by atoms with E-state index in [-0.39, 0.29) is 18.5 Å². The van der Waals surface area contributed by atoms with Crippen LogP contribution in [0.25, 0.3) is 0 Å². The summed E-state index contributed by atoms with van der Waals surface area (Å²) in [5, 5.41) is 15.7. The maximum Gasteiger partial charge on any atom is 0.312 e. The maximum absolute atomic E-state index is 13.7. The molecule has 1 fully saturated rings. The third-order valence-corrected chi connectivity index (χ3v) is 3.89. The molecule has 1 aromatic rings. The first-order chi connectivity index (χ1) is 9.79. The Morgan fingerprint density at radius 1 is 1.52 bits per heavy atom. The lowest BCUT2D eigenvalue weighted by atomic mass is 10.2. The number of primary sulfonamides is 1. The van der Waals surface area contributed by atoms with Gasteiger partial charge in [-0.3, -0.25) is 10.1 Å². The van der Waals surface area contributed by atoms with Crippen molar-refractivity contribution in [2.45, 2.75) is 23.8 Å². The van der Waals surface area contributed by atoms with Gasteiger partial charge in [0.15, 0.2) is 5.75 Å². The molecule has 0 amide bonds. The van der Waals surface area contributed by atoms with E-state index < -0.39 is 31.3 Å². The molecule has 1 saturated heterocycles. The van der Waals surface area contributed by atoms with Crippen molar-refractivity contribution >= 4 is 15.7 Å². The van der Waals surface area contributed by atoms with Crippen LogP contribution in [0, 0.1) is 15.9 Å². The fraction of sp³-hybridized carbons (Fsp3) is 0.455. The number of nitrogens with two attached hydrogens (primary N) is 1. The Hall–Kier alpha value is -1.78. The number of nitrogens with zero attached hydrogens (tertiary/aromatic N) is 1. The summed E-state index contributed by atoms with van der Waals surface area (Å²) in [4.78, 5) is 9.14. The van der Waals surface area contributed by atoms with Gasteiger partial charge in [0.05, 0.1) is 11.0 Å². The predicted molar refractivity (Wildman–Crippen MR) is 68.9 cm³/mol. The van der Waals surface area contributed by atoms with Gasteiger partial charge in [-0.15, -0.1) is 0 Å². The Labute approximate surface area is 119 Å². The van der Waals surface area contributed by atoms with Crippen LogP contribution in [0.4, 0.5) is 10.1 Å². The standard InChI is InChI=1S/C11H13FN2O6S/c12-8-4-10(20-6-7-2-1-3-19-7)9(14(15)16)5-11(8)21(13,17)18/h4-5,7H,1-3,6H2,(H2,13,17,18). The van der Waals surface area contributed by atoms with E-state index in [0.717, 1.165) is 12.8 Å². The molecule has 1 aromatic carbocycles. The summed E-state index contributed by atoms with van der Waals surface area (Å²) in [5.74, 6) is -1.56. The van der Waals surface area contributed by atoms with Gasteiger partial charge in [0.1, 0.15) is 17.3 Å². The second-order valence-electron chi connectivity index (χ2n) is 4.50. The number of nitro groups is 1. The zero-order valence-electron chi connectivity index (χ0n) is 10.8. The summed E-state index contributed by atoms with van der Waals surface area (Å²) in [5.41, 5.74) is -0.668. The number of nitro benzene ring substituents is 1. The molecule has 10 heteroatoms. The van der Waals surface area contributed by atoms with Crippen molar-refractivity contribution in [2.24, 2.45) is 5.14 Å². The second kappa shape index (κ2) is 5.92. The molecule has 0 saturated carbocycles. The van der Waals surface area contributed by atoms with Crippen LogP contribution in [0.2, 0.25) is 0 Å². The first kappa shape index (κ1) is 15.6. The van der Waals surface area contributed by atoms with Crippen molar-refractivity contribution in [3.8, 4) is 5.75 Å². The number of halogens is 1. The number of sulfonamides is 1. The molecule has 1 aliphatic heterocycles. The third kappa shape index (κ3) is 3.65. The second-order valence-corrected chi connectivity index (χ2v) is 6.03. The Kier molecular flexibility index (Phi) is 4.40. The fourth-order valence-corrected chi connectivity index (χ4v) is 2.57. The van der Waals surface area contributed by atoms with E-state index in [2.05, 4.69) is 0 Å². The molecule has 2 rings (SSSR count). The Morgan fingerprint density at radius 2 is 2.24 bits per heavy atom. The summed E-state index contributed by atoms with van der Waals surface area (Å²) in [6.07, 6.45) is 1.38. The van der Waals surface area contributed by atoms with Crippen molar-refractivity contribution in [2.75, 3.05) is 13.2 Å². The number of hydrogen-bond donors (Lipinski definition) is 1. The zero-order chi connectivity index (χ0) is 15.6. The lowest BCUT2D eigenvalue weighted by Gasteiger charge is -2.12. The highest BCUT2D eigenvalue weighted by atomic mass is 32.2. The molecule has 1 heterocycles. The number of rotatable bonds is 5. The minimum atomic E-state index is -4.40. The lowest BCUT2D eigenvalue weighted by molar-refractivity contribution is -0.386. The van der Waals surface area contributed by atoms with E-state index in [1.165, 1.54) is 0 Å². The Bertz CT molecular complexity index is 657. The molecule has 0 radical (unpaired) electrons. The number of benzene rings is 1. The van der Waals surface area contributed by atoms with Crippen LogP contribution >= 0.6 is 0 Å². The minimum Gasteiger partial charge on any atom is -0.484 e. The van der Waals surface area contributed by atoms with Gasteiger partial charge >= 0.3 is 5.69 Å². The van der Waals surface area contributed by atoms with Crippen LogP contribution in [0.5, 0.6) is 5.75 Å². The van der Waals surface area contributed by atoms with Crippen molar-refractivity contribution in [3.05, 3.63) is 28.1 Å². The van der Waals surface area contributed by atoms with Crippen molar-refractivity contribution in [1.82, 2.24) is 0 Å². The van der Waals surface area contributed by atoms with Gasteiger partial charge in [-0.25, -0.2) is 17.9 Å². The molecule has 21 heavy (non-hydrogen) atoms. The van der Waals surface area contributed by atoms with E-state index >= 15 is 0 Å². The molecule has 2 N–H and O–H groups in total. The molecule has 1 unspecified atom stereocenters. The van der Waals surface area contributed by atoms with Crippen LogP contribution in [0.3, 0.4) is 0 Å². The highest BCUT2D eigenvalue weighted by molar-refractivity contribution is 7.89. The third-order valence-electron chi connectivity index (χ3n) is 2.97. The Morgan fingerprint density at radius 3 is 2.76 bits per heavy atom. The van der Waals surface area contributed by atoms with Gasteiger partial charge in [-0.2, -0.15) is 0 Å². The summed E-state index contributed by atoms with van der Waals surface area (Å²) in [7, 11) is -4.40. The van der Waals surface area contributed by atoms with E-state index in [1.54, 1.807) is 0 Å². The quantitative estimate of drug-likeness (QED) is 0.636.